The third-order valence-electron chi connectivity index (χ3n) is 5.79. The summed E-state index contributed by atoms with van der Waals surface area (Å²) in [6, 6.07) is 13.4. The SMILES string of the molecule is CCCNC(=O)C(CC)N(Cc1ccc(Cl)cc1)C(=O)CCCN(c1ccccc1OCC)S(C)(=O)=O. The number of rotatable bonds is 15. The average molecular weight is 552 g/mol. The number of hydrogen-bond donors (Lipinski definition) is 1. The van der Waals surface area contributed by atoms with E-state index in [1.54, 1.807) is 41.3 Å². The fourth-order valence-corrected chi connectivity index (χ4v) is 5.09. The normalized spacial score (nSPS) is 12.0. The first-order valence-electron chi connectivity index (χ1n) is 12.6. The number of amides is 2. The maximum atomic E-state index is 13.5. The molecule has 2 amide bonds. The molecule has 0 saturated heterocycles. The first kappa shape index (κ1) is 30.4. The van der Waals surface area contributed by atoms with Gasteiger partial charge in [0.25, 0.3) is 0 Å². The molecular formula is C27H38ClN3O5S. The highest BCUT2D eigenvalue weighted by molar-refractivity contribution is 7.92. The summed E-state index contributed by atoms with van der Waals surface area (Å²) in [6.45, 7) is 6.94. The predicted molar refractivity (Wildman–Crippen MR) is 148 cm³/mol. The average Bonchev–Trinajstić information content (AvgIpc) is 2.86. The first-order chi connectivity index (χ1) is 17.6. The zero-order chi connectivity index (χ0) is 27.4. The van der Waals surface area contributed by atoms with Crippen molar-refractivity contribution in [2.75, 3.05) is 30.3 Å². The molecule has 0 fully saturated rings. The minimum absolute atomic E-state index is 0.0774. The second kappa shape index (κ2) is 14.8. The smallest absolute Gasteiger partial charge is 0.242 e. The van der Waals surface area contributed by atoms with Crippen molar-refractivity contribution in [2.45, 2.75) is 59.0 Å². The maximum absolute atomic E-state index is 13.5. The van der Waals surface area contributed by atoms with Crippen molar-refractivity contribution < 1.29 is 22.7 Å². The second-order valence-corrected chi connectivity index (χ2v) is 11.0. The molecule has 37 heavy (non-hydrogen) atoms. The van der Waals surface area contributed by atoms with E-state index in [1.165, 1.54) is 4.31 Å². The molecule has 0 aliphatic rings. The van der Waals surface area contributed by atoms with Gasteiger partial charge in [0.05, 0.1) is 18.6 Å². The van der Waals surface area contributed by atoms with Gasteiger partial charge in [0, 0.05) is 31.1 Å². The highest BCUT2D eigenvalue weighted by Gasteiger charge is 2.29. The molecule has 0 aliphatic heterocycles. The van der Waals surface area contributed by atoms with Crippen LogP contribution in [-0.2, 0) is 26.2 Å². The number of hydrogen-bond acceptors (Lipinski definition) is 5. The second-order valence-electron chi connectivity index (χ2n) is 8.70. The monoisotopic (exact) mass is 551 g/mol. The zero-order valence-corrected chi connectivity index (χ0v) is 23.6. The van der Waals surface area contributed by atoms with E-state index in [1.807, 2.05) is 32.9 Å². The molecule has 0 radical (unpaired) electrons. The summed E-state index contributed by atoms with van der Waals surface area (Å²) in [5, 5.41) is 3.48. The highest BCUT2D eigenvalue weighted by atomic mass is 35.5. The Morgan fingerprint density at radius 1 is 1.05 bits per heavy atom. The number of para-hydroxylation sites is 2. The van der Waals surface area contributed by atoms with Gasteiger partial charge in [0.2, 0.25) is 21.8 Å². The number of nitrogens with one attached hydrogen (secondary N) is 1. The van der Waals surface area contributed by atoms with E-state index in [-0.39, 0.29) is 37.7 Å². The van der Waals surface area contributed by atoms with Gasteiger partial charge in [-0.25, -0.2) is 8.42 Å². The van der Waals surface area contributed by atoms with Crippen molar-refractivity contribution >= 4 is 39.1 Å². The lowest BCUT2D eigenvalue weighted by atomic mass is 10.1. The summed E-state index contributed by atoms with van der Waals surface area (Å²) in [5.74, 6) is 0.0415. The molecule has 0 heterocycles. The molecule has 0 bridgehead atoms. The van der Waals surface area contributed by atoms with Crippen LogP contribution in [0.2, 0.25) is 5.02 Å². The number of anilines is 1. The molecule has 0 saturated carbocycles. The van der Waals surface area contributed by atoms with Gasteiger partial charge in [-0.15, -0.1) is 0 Å². The van der Waals surface area contributed by atoms with Crippen LogP contribution in [0, 0.1) is 0 Å². The van der Waals surface area contributed by atoms with E-state index in [4.69, 9.17) is 16.3 Å². The standard InChI is InChI=1S/C27H38ClN3O5S/c1-5-18-29-27(33)23(6-2)30(20-21-14-16-22(28)17-15-21)26(32)13-10-19-31(37(4,34)35)24-11-8-9-12-25(24)36-7-3/h8-9,11-12,14-17,23H,5-7,10,13,18-20H2,1-4H3,(H,29,33). The largest absolute Gasteiger partial charge is 0.492 e. The minimum atomic E-state index is -3.62. The van der Waals surface area contributed by atoms with Crippen LogP contribution in [0.1, 0.15) is 52.0 Å². The summed E-state index contributed by atoms with van der Waals surface area (Å²) in [7, 11) is -3.62. The predicted octanol–water partition coefficient (Wildman–Crippen LogP) is 4.62. The molecule has 1 N–H and O–H groups in total. The summed E-state index contributed by atoms with van der Waals surface area (Å²) >= 11 is 6.02. The van der Waals surface area contributed by atoms with Gasteiger partial charge >= 0.3 is 0 Å². The topological polar surface area (TPSA) is 96.0 Å². The van der Waals surface area contributed by atoms with Crippen molar-refractivity contribution in [3.05, 3.63) is 59.1 Å². The van der Waals surface area contributed by atoms with Crippen molar-refractivity contribution in [1.29, 1.82) is 0 Å². The lowest BCUT2D eigenvalue weighted by molar-refractivity contribution is -0.141. The molecule has 2 aromatic carbocycles. The number of benzene rings is 2. The third-order valence-corrected chi connectivity index (χ3v) is 7.22. The Morgan fingerprint density at radius 3 is 2.32 bits per heavy atom. The van der Waals surface area contributed by atoms with Gasteiger partial charge in [-0.05, 0) is 56.0 Å². The van der Waals surface area contributed by atoms with Gasteiger partial charge in [0.15, 0.2) is 0 Å². The summed E-state index contributed by atoms with van der Waals surface area (Å²) in [5.41, 5.74) is 1.28. The maximum Gasteiger partial charge on any atom is 0.242 e. The number of ether oxygens (including phenoxy) is 1. The van der Waals surface area contributed by atoms with Crippen LogP contribution in [0.4, 0.5) is 5.69 Å². The Labute approximate surface area is 226 Å². The van der Waals surface area contributed by atoms with Crippen LogP contribution in [0.3, 0.4) is 0 Å². The molecule has 0 aliphatic carbocycles. The molecule has 2 aromatic rings. The van der Waals surface area contributed by atoms with Crippen LogP contribution in [0.15, 0.2) is 48.5 Å². The minimum Gasteiger partial charge on any atom is -0.492 e. The molecule has 0 aromatic heterocycles. The number of sulfonamides is 1. The van der Waals surface area contributed by atoms with Crippen LogP contribution in [0.25, 0.3) is 0 Å². The Hall–Kier alpha value is -2.78. The van der Waals surface area contributed by atoms with E-state index in [9.17, 15) is 18.0 Å². The van der Waals surface area contributed by atoms with Gasteiger partial charge in [-0.1, -0.05) is 49.7 Å². The lowest BCUT2D eigenvalue weighted by Crippen LogP contribution is -2.49. The fourth-order valence-electron chi connectivity index (χ4n) is 4.00. The molecule has 0 spiro atoms. The Kier molecular flexibility index (Phi) is 12.2. The van der Waals surface area contributed by atoms with E-state index < -0.39 is 16.1 Å². The van der Waals surface area contributed by atoms with E-state index >= 15 is 0 Å². The van der Waals surface area contributed by atoms with E-state index in [2.05, 4.69) is 5.32 Å². The number of carbonyl (C=O) groups is 2. The number of nitrogens with zero attached hydrogens (tertiary/aromatic N) is 2. The van der Waals surface area contributed by atoms with E-state index in [0.29, 0.717) is 36.0 Å². The van der Waals surface area contributed by atoms with Crippen LogP contribution < -0.4 is 14.4 Å². The van der Waals surface area contributed by atoms with Crippen molar-refractivity contribution in [1.82, 2.24) is 10.2 Å². The number of halogens is 1. The Bertz CT molecular complexity index is 1130. The molecule has 1 unspecified atom stereocenters. The molecule has 2 rings (SSSR count). The van der Waals surface area contributed by atoms with Gasteiger partial charge in [-0.3, -0.25) is 13.9 Å². The van der Waals surface area contributed by atoms with Crippen LogP contribution >= 0.6 is 11.6 Å². The summed E-state index contributed by atoms with van der Waals surface area (Å²) in [4.78, 5) is 27.9. The van der Waals surface area contributed by atoms with Crippen LogP contribution in [0.5, 0.6) is 5.75 Å². The molecular weight excluding hydrogens is 514 g/mol. The number of carbonyl (C=O) groups excluding carboxylic acids is 2. The van der Waals surface area contributed by atoms with Gasteiger partial charge in [0.1, 0.15) is 11.8 Å². The lowest BCUT2D eigenvalue weighted by Gasteiger charge is -2.31. The molecule has 204 valence electrons. The van der Waals surface area contributed by atoms with Crippen molar-refractivity contribution in [2.24, 2.45) is 0 Å². The zero-order valence-electron chi connectivity index (χ0n) is 22.1. The molecule has 8 nitrogen and oxygen atoms in total. The molecule has 1 atom stereocenters. The summed E-state index contributed by atoms with van der Waals surface area (Å²) < 4.78 is 32.1. The highest BCUT2D eigenvalue weighted by Crippen LogP contribution is 2.30. The first-order valence-corrected chi connectivity index (χ1v) is 14.9. The Balaban J connectivity index is 2.23. The van der Waals surface area contributed by atoms with Crippen LogP contribution in [-0.4, -0.2) is 57.1 Å². The quantitative estimate of drug-likeness (QED) is 0.348. The van der Waals surface area contributed by atoms with Gasteiger partial charge in [-0.2, -0.15) is 0 Å². The van der Waals surface area contributed by atoms with Gasteiger partial charge < -0.3 is 15.0 Å². The third kappa shape index (κ3) is 9.23. The summed E-state index contributed by atoms with van der Waals surface area (Å²) in [6.07, 6.45) is 2.73. The van der Waals surface area contributed by atoms with Crippen molar-refractivity contribution in [3.8, 4) is 5.75 Å². The fraction of sp³-hybridized carbons (Fsp3) is 0.481. The van der Waals surface area contributed by atoms with E-state index in [0.717, 1.165) is 18.2 Å². The molecule has 10 heteroatoms. The Morgan fingerprint density at radius 2 is 1.73 bits per heavy atom. The van der Waals surface area contributed by atoms with Crippen molar-refractivity contribution in [3.63, 3.8) is 0 Å².